The maximum Gasteiger partial charge on any atom is 0.302 e. The van der Waals surface area contributed by atoms with Crippen LogP contribution in [0.4, 0.5) is 17.6 Å². The highest BCUT2D eigenvalue weighted by Gasteiger charge is 2.49. The van der Waals surface area contributed by atoms with Gasteiger partial charge < -0.3 is 48.5 Å². The molecule has 4 aliphatic heterocycles. The van der Waals surface area contributed by atoms with Crippen LogP contribution in [-0.2, 0) is 47.5 Å². The number of carbonyl (C=O) groups excluding carboxylic acids is 5. The smallest absolute Gasteiger partial charge is 0.302 e. The Bertz CT molecular complexity index is 5900. The maximum atomic E-state index is 13.8. The SMILES string of the molecule is CC.CC(=O)OCC1OC(CC(=O)c2ccc3ccccc3c2)C(C)[C@@H](n2cc(-c3cccc(F)c3)nn2)[C@H]1C.CC(=O)OCC1O[C@@H](N=[N+]=[N-])C(C)[C@@H](n2cc(-c3cccc(F)c3)nn2)[C@H]1C.CC(=O)OCC1O[C@H](Br)C(C)[C@@H](n2cc(-c3cccc(F)c3)nn2)[C@H]1C.O=C(CC1OC(CO)[C@H](O)[C@H](n2cc(-c3cccc(F)c3)nn2)C1O)c1ccc2ccccc2c1. The van der Waals surface area contributed by atoms with Crippen LogP contribution in [0.1, 0.15) is 134 Å². The molecule has 20 atom stereocenters. The second-order valence-corrected chi connectivity index (χ2v) is 33.1. The first-order valence-electron chi connectivity index (χ1n) is 42.4. The number of hydrogen-bond acceptors (Lipinski definition) is 24. The predicted octanol–water partition coefficient (Wildman–Crippen LogP) is 16.3. The third-order valence-corrected chi connectivity index (χ3v) is 24.6. The number of alkyl halides is 1. The second kappa shape index (κ2) is 44.2. The van der Waals surface area contributed by atoms with E-state index in [0.717, 1.165) is 21.5 Å². The quantitative estimate of drug-likeness (QED) is 0.00829. The van der Waals surface area contributed by atoms with Gasteiger partial charge in [-0.1, -0.05) is 219 Å². The molecule has 0 amide bonds. The third-order valence-electron chi connectivity index (χ3n) is 23.6. The van der Waals surface area contributed by atoms with E-state index in [1.54, 1.807) is 81.0 Å². The maximum absolute atomic E-state index is 13.8. The molecule has 4 fully saturated rings. The van der Waals surface area contributed by atoms with E-state index in [1.807, 2.05) is 127 Å². The van der Waals surface area contributed by atoms with Gasteiger partial charge >= 0.3 is 17.9 Å². The van der Waals surface area contributed by atoms with Crippen LogP contribution in [0.3, 0.4) is 0 Å². The number of nitrogens with zero attached hydrogens (tertiary/aromatic N) is 15. The van der Waals surface area contributed by atoms with E-state index in [9.17, 15) is 56.9 Å². The standard InChI is InChI=1S/C30H30FN3O4.C26H24FN3O5.C18H21BrFN3O3.C18H21FN6O3.C2H6/c1-18-28(15-27(36)24-12-11-21-7-4-5-8-22(21)13-24)38-29(17-37-20(3)35)19(2)30(18)34-16-26(32-33-34)23-9-6-10-25(31)14-23;27-19-7-3-6-17(11-19)20-13-30(29-28-20)24-25(33)22(35-23(14-31)26(24)34)12-21(32)18-9-8-15-4-1-2-5-16(15)10-18;1-10-16(9-25-12(3)24)26-18(19)11(2)17(10)23-8-15(21-22-23)13-5-4-6-14(20)7-13;1-10-16(9-27-12(3)26)28-18(22-23-20)11(2)17(10)25-8-15(21-24-25)13-5-4-6-14(19)7-13;1-2/h4-14,16,18-19,28-30H,15,17H2,1-3H3;1-11,13,22-26,31,33-34H,12,14H2;4-8,10-11,16-18H,9H2,1-3H3;4-8,10-11,16-18H,9H2,1-3H3;1-2H3/t18?,19-,28?,29?,30+;22?,23?,24-,25?,26+;10-,11?,16?,17-,18-;10-,11?,16?,17-,18+;/m0100./s1. The van der Waals surface area contributed by atoms with Crippen LogP contribution in [0, 0.1) is 58.8 Å². The number of fused-ring (bicyclic) bond motifs is 2. The Labute approximate surface area is 749 Å². The van der Waals surface area contributed by atoms with Crippen molar-refractivity contribution >= 4 is 66.9 Å². The van der Waals surface area contributed by atoms with Crippen molar-refractivity contribution < 1.29 is 90.0 Å². The molecular formula is C94H102BrF4N15O15. The highest BCUT2D eigenvalue weighted by molar-refractivity contribution is 9.09. The summed E-state index contributed by atoms with van der Waals surface area (Å²) in [5.74, 6) is -3.24. The van der Waals surface area contributed by atoms with Crippen LogP contribution >= 0.6 is 15.9 Å². The summed E-state index contributed by atoms with van der Waals surface area (Å²) in [6.07, 6.45) is -0.180. The molecule has 0 saturated carbocycles. The Kier molecular flexibility index (Phi) is 32.9. The summed E-state index contributed by atoms with van der Waals surface area (Å²) < 4.78 is 100. The highest BCUT2D eigenvalue weighted by Crippen LogP contribution is 2.45. The molecule has 0 spiro atoms. The second-order valence-electron chi connectivity index (χ2n) is 32.2. The Morgan fingerprint density at radius 3 is 1.11 bits per heavy atom. The summed E-state index contributed by atoms with van der Waals surface area (Å²) in [5, 5.41) is 72.7. The number of esters is 3. The number of azide groups is 1. The first kappa shape index (κ1) is 95.9. The number of aromatic nitrogens is 12. The lowest BCUT2D eigenvalue weighted by Gasteiger charge is -2.44. The molecule has 0 bridgehead atoms. The third kappa shape index (κ3) is 23.7. The number of carbonyl (C=O) groups is 5. The number of benzene rings is 8. The van der Waals surface area contributed by atoms with Crippen molar-refractivity contribution in [2.75, 3.05) is 26.4 Å². The molecular weight excluding hydrogens is 1740 g/mol. The Balaban J connectivity index is 0.000000156. The van der Waals surface area contributed by atoms with Gasteiger partial charge in [0.2, 0.25) is 0 Å². The first-order chi connectivity index (χ1) is 62.0. The van der Waals surface area contributed by atoms with E-state index in [2.05, 4.69) is 74.1 Å². The number of Topliss-reactive ketones (excluding diaryl/α,β-unsaturated/α-hetero) is 2. The predicted molar refractivity (Wildman–Crippen MR) is 472 cm³/mol. The van der Waals surface area contributed by atoms with E-state index in [1.165, 1.54) is 86.2 Å². The summed E-state index contributed by atoms with van der Waals surface area (Å²) >= 11 is 3.55. The lowest BCUT2D eigenvalue weighted by molar-refractivity contribution is -0.203. The van der Waals surface area contributed by atoms with Crippen LogP contribution in [0.15, 0.2) is 212 Å². The number of ketones is 2. The van der Waals surface area contributed by atoms with Gasteiger partial charge in [-0.25, -0.2) is 36.3 Å². The fourth-order valence-corrected chi connectivity index (χ4v) is 17.4. The van der Waals surface area contributed by atoms with Crippen molar-refractivity contribution in [2.24, 2.45) is 40.6 Å². The van der Waals surface area contributed by atoms with Crippen LogP contribution in [0.2, 0.25) is 0 Å². The Morgan fingerprint density at radius 2 is 0.736 bits per heavy atom. The van der Waals surface area contributed by atoms with Crippen molar-refractivity contribution in [3.05, 3.63) is 252 Å². The van der Waals surface area contributed by atoms with Gasteiger partial charge in [-0.3, -0.25) is 24.0 Å². The summed E-state index contributed by atoms with van der Waals surface area (Å²) in [6.45, 7) is 19.8. The van der Waals surface area contributed by atoms with Crippen molar-refractivity contribution in [3.8, 4) is 45.0 Å². The number of hydrogen-bond donors (Lipinski definition) is 3. The van der Waals surface area contributed by atoms with Gasteiger partial charge in [0.25, 0.3) is 0 Å². The lowest BCUT2D eigenvalue weighted by atomic mass is 9.79. The molecule has 16 rings (SSSR count). The normalized spacial score (nSPS) is 25.2. The molecule has 4 aliphatic rings. The van der Waals surface area contributed by atoms with Crippen LogP contribution in [0.25, 0.3) is 77.0 Å². The average Bonchev–Trinajstić information content (AvgIpc) is 1.53. The summed E-state index contributed by atoms with van der Waals surface area (Å²) in [7, 11) is 0. The van der Waals surface area contributed by atoms with Gasteiger partial charge in [0, 0.05) is 107 Å². The van der Waals surface area contributed by atoms with Gasteiger partial charge in [0.15, 0.2) is 11.6 Å². The number of ether oxygens (including phenoxy) is 7. The zero-order chi connectivity index (χ0) is 92.4. The highest BCUT2D eigenvalue weighted by atomic mass is 79.9. The minimum absolute atomic E-state index is 0.0107. The summed E-state index contributed by atoms with van der Waals surface area (Å²) in [6, 6.07) is 49.6. The number of aliphatic hydroxyl groups is 3. The van der Waals surface area contributed by atoms with E-state index in [-0.39, 0.29) is 132 Å². The van der Waals surface area contributed by atoms with E-state index >= 15 is 0 Å². The minimum atomic E-state index is -1.32. The van der Waals surface area contributed by atoms with Crippen molar-refractivity contribution in [1.82, 2.24) is 60.0 Å². The molecule has 4 aromatic heterocycles. The van der Waals surface area contributed by atoms with Crippen molar-refractivity contribution in [1.29, 1.82) is 0 Å². The van der Waals surface area contributed by atoms with E-state index < -0.39 is 79.4 Å². The van der Waals surface area contributed by atoms with Crippen LogP contribution in [-0.4, -0.2) is 191 Å². The molecule has 8 heterocycles. The molecule has 30 nitrogen and oxygen atoms in total. The summed E-state index contributed by atoms with van der Waals surface area (Å²) in [5.41, 5.74) is 14.4. The zero-order valence-electron chi connectivity index (χ0n) is 72.8. The van der Waals surface area contributed by atoms with E-state index in [4.69, 9.17) is 38.7 Å². The molecule has 12 aromatic rings. The van der Waals surface area contributed by atoms with Gasteiger partial charge in [-0.05, 0) is 87.7 Å². The lowest BCUT2D eigenvalue weighted by Crippen LogP contribution is -2.56. The number of halogens is 5. The van der Waals surface area contributed by atoms with Gasteiger partial charge in [0.05, 0.1) is 80.0 Å². The molecule has 3 N–H and O–H groups in total. The van der Waals surface area contributed by atoms with Crippen LogP contribution < -0.4 is 0 Å². The van der Waals surface area contributed by atoms with Gasteiger partial charge in [0.1, 0.15) is 101 Å². The largest absolute Gasteiger partial charge is 0.463 e. The van der Waals surface area contributed by atoms with Crippen molar-refractivity contribution in [2.45, 2.75) is 173 Å². The molecule has 35 heteroatoms. The summed E-state index contributed by atoms with van der Waals surface area (Å²) in [4.78, 5) is 63.2. The van der Waals surface area contributed by atoms with Gasteiger partial charge in [-0.2, -0.15) is 0 Å². The fourth-order valence-electron chi connectivity index (χ4n) is 16.8. The number of rotatable bonds is 22. The van der Waals surface area contributed by atoms with Crippen LogP contribution in [0.5, 0.6) is 0 Å². The Morgan fingerprint density at radius 1 is 0.411 bits per heavy atom. The molecule has 129 heavy (non-hydrogen) atoms. The molecule has 4 saturated heterocycles. The fraction of sp³-hybridized carbons (Fsp3) is 0.394. The Hall–Kier alpha value is -12.2. The molecule has 0 aliphatic carbocycles. The topological polar surface area (TPSA) is 382 Å². The van der Waals surface area contributed by atoms with Crippen molar-refractivity contribution in [3.63, 3.8) is 0 Å². The monoisotopic (exact) mass is 1840 g/mol. The number of aliphatic hydroxyl groups excluding tert-OH is 3. The molecule has 10 unspecified atom stereocenters. The zero-order valence-corrected chi connectivity index (χ0v) is 74.3. The average molecular weight is 1840 g/mol. The minimum Gasteiger partial charge on any atom is -0.463 e. The first-order valence-corrected chi connectivity index (χ1v) is 43.4. The van der Waals surface area contributed by atoms with Gasteiger partial charge in [-0.15, -0.1) is 20.4 Å². The molecule has 8 aromatic carbocycles. The molecule has 678 valence electrons. The molecule has 0 radical (unpaired) electrons. The van der Waals surface area contributed by atoms with E-state index in [0.29, 0.717) is 56.2 Å².